The van der Waals surface area contributed by atoms with Crippen LogP contribution in [0.25, 0.3) is 10.1 Å². The molecule has 1 heterocycles. The number of aryl methyl sites for hydroxylation is 1. The number of rotatable bonds is 4. The molecule has 0 saturated heterocycles. The molecule has 1 aliphatic rings. The molecular weight excluding hydrogens is 364 g/mol. The molecule has 26 heavy (non-hydrogen) atoms. The minimum absolute atomic E-state index is 0.211. The van der Waals surface area contributed by atoms with Gasteiger partial charge in [0.2, 0.25) is 0 Å². The van der Waals surface area contributed by atoms with Gasteiger partial charge in [-0.1, -0.05) is 50.9 Å². The lowest BCUT2D eigenvalue weighted by molar-refractivity contribution is 0.0958. The molecule has 1 aromatic carbocycles. The number of nitrogens with zero attached hydrogens (tertiary/aromatic N) is 1. The van der Waals surface area contributed by atoms with Crippen LogP contribution in [0.1, 0.15) is 68.1 Å². The van der Waals surface area contributed by atoms with Gasteiger partial charge in [-0.3, -0.25) is 4.79 Å². The summed E-state index contributed by atoms with van der Waals surface area (Å²) in [6.45, 7) is 9.01. The van der Waals surface area contributed by atoms with Gasteiger partial charge in [-0.25, -0.2) is 5.43 Å². The number of fused-ring (bicyclic) bond motifs is 1. The van der Waals surface area contributed by atoms with E-state index in [1.54, 1.807) is 0 Å². The number of benzene rings is 1. The molecule has 0 bridgehead atoms. The average molecular weight is 391 g/mol. The van der Waals surface area contributed by atoms with Gasteiger partial charge < -0.3 is 0 Å². The standard InChI is InChI=1S/C21H27ClN2OS/c1-5-21(3,4)14-7-9-15(10-8-14)23-24-20(25)19-18(22)16-11-6-13(2)12-17(16)26-19/h6,11-12,14H,5,7-10H2,1-4H3,(H,24,25). The summed E-state index contributed by atoms with van der Waals surface area (Å²) in [6, 6.07) is 6.05. The van der Waals surface area contributed by atoms with E-state index < -0.39 is 0 Å². The van der Waals surface area contributed by atoms with Crippen LogP contribution in [-0.2, 0) is 0 Å². The zero-order valence-corrected chi connectivity index (χ0v) is 17.6. The Morgan fingerprint density at radius 1 is 1.35 bits per heavy atom. The molecule has 1 fully saturated rings. The molecule has 5 heteroatoms. The Balaban J connectivity index is 1.66. The smallest absolute Gasteiger partial charge is 0.266 e. The summed E-state index contributed by atoms with van der Waals surface area (Å²) in [6.07, 6.45) is 5.43. The van der Waals surface area contributed by atoms with Gasteiger partial charge in [0.15, 0.2) is 0 Å². The van der Waals surface area contributed by atoms with E-state index in [0.717, 1.165) is 53.0 Å². The van der Waals surface area contributed by atoms with Crippen molar-refractivity contribution in [2.24, 2.45) is 16.4 Å². The highest BCUT2D eigenvalue weighted by Gasteiger charge is 2.30. The van der Waals surface area contributed by atoms with Crippen LogP contribution in [0.3, 0.4) is 0 Å². The van der Waals surface area contributed by atoms with Crippen LogP contribution in [0.4, 0.5) is 0 Å². The Kier molecular flexibility index (Phi) is 5.73. The van der Waals surface area contributed by atoms with Gasteiger partial charge in [0.25, 0.3) is 5.91 Å². The molecule has 1 aromatic heterocycles. The van der Waals surface area contributed by atoms with Crippen molar-refractivity contribution < 1.29 is 4.79 Å². The predicted molar refractivity (Wildman–Crippen MR) is 113 cm³/mol. The van der Waals surface area contributed by atoms with Crippen molar-refractivity contribution in [2.45, 2.75) is 59.8 Å². The third-order valence-electron chi connectivity index (χ3n) is 5.89. The van der Waals surface area contributed by atoms with Crippen molar-refractivity contribution in [1.29, 1.82) is 0 Å². The number of nitrogens with one attached hydrogen (secondary N) is 1. The summed E-state index contributed by atoms with van der Waals surface area (Å²) < 4.78 is 1.04. The minimum Gasteiger partial charge on any atom is -0.266 e. The molecule has 3 rings (SSSR count). The predicted octanol–water partition coefficient (Wildman–Crippen LogP) is 6.58. The summed E-state index contributed by atoms with van der Waals surface area (Å²) in [7, 11) is 0. The molecule has 0 radical (unpaired) electrons. The van der Waals surface area contributed by atoms with Gasteiger partial charge in [0.05, 0.1) is 5.02 Å². The quantitative estimate of drug-likeness (QED) is 0.589. The van der Waals surface area contributed by atoms with Crippen LogP contribution >= 0.6 is 22.9 Å². The molecule has 1 saturated carbocycles. The molecular formula is C21H27ClN2OS. The molecule has 0 spiro atoms. The summed E-state index contributed by atoms with van der Waals surface area (Å²) in [4.78, 5) is 13.1. The van der Waals surface area contributed by atoms with Gasteiger partial charge >= 0.3 is 0 Å². The summed E-state index contributed by atoms with van der Waals surface area (Å²) in [5.74, 6) is 0.528. The Morgan fingerprint density at radius 2 is 2.04 bits per heavy atom. The average Bonchev–Trinajstić information content (AvgIpc) is 2.96. The molecule has 1 aliphatic carbocycles. The van der Waals surface area contributed by atoms with Crippen molar-refractivity contribution in [2.75, 3.05) is 0 Å². The molecule has 3 nitrogen and oxygen atoms in total. The van der Waals surface area contributed by atoms with Crippen LogP contribution in [-0.4, -0.2) is 11.6 Å². The lowest BCUT2D eigenvalue weighted by atomic mass is 9.69. The van der Waals surface area contributed by atoms with Gasteiger partial charge in [0.1, 0.15) is 4.88 Å². The van der Waals surface area contributed by atoms with Crippen LogP contribution in [0, 0.1) is 18.3 Å². The van der Waals surface area contributed by atoms with E-state index in [2.05, 4.69) is 37.4 Å². The number of hydrogen-bond donors (Lipinski definition) is 1. The fourth-order valence-corrected chi connectivity index (χ4v) is 5.14. The fourth-order valence-electron chi connectivity index (χ4n) is 3.63. The number of amides is 1. The molecule has 0 atom stereocenters. The minimum atomic E-state index is -0.211. The summed E-state index contributed by atoms with van der Waals surface area (Å²) >= 11 is 7.84. The Hall–Kier alpha value is -1.39. The highest BCUT2D eigenvalue weighted by molar-refractivity contribution is 7.21. The number of hydrazone groups is 1. The van der Waals surface area contributed by atoms with E-state index in [9.17, 15) is 4.79 Å². The van der Waals surface area contributed by atoms with E-state index >= 15 is 0 Å². The zero-order valence-electron chi connectivity index (χ0n) is 16.0. The van der Waals surface area contributed by atoms with Gasteiger partial charge in [0, 0.05) is 15.8 Å². The maximum atomic E-state index is 12.5. The van der Waals surface area contributed by atoms with Crippen molar-refractivity contribution in [1.82, 2.24) is 5.43 Å². The van der Waals surface area contributed by atoms with E-state index in [1.807, 2.05) is 19.1 Å². The fraction of sp³-hybridized carbons (Fsp3) is 0.524. The molecule has 0 unspecified atom stereocenters. The van der Waals surface area contributed by atoms with E-state index in [0.29, 0.717) is 15.3 Å². The second-order valence-electron chi connectivity index (χ2n) is 7.98. The first-order chi connectivity index (χ1) is 12.3. The molecule has 1 N–H and O–H groups in total. The van der Waals surface area contributed by atoms with Crippen molar-refractivity contribution in [3.8, 4) is 0 Å². The van der Waals surface area contributed by atoms with E-state index in [1.165, 1.54) is 17.8 Å². The molecule has 1 amide bonds. The number of hydrogen-bond acceptors (Lipinski definition) is 3. The monoisotopic (exact) mass is 390 g/mol. The number of thiophene rings is 1. The van der Waals surface area contributed by atoms with Crippen molar-refractivity contribution in [3.05, 3.63) is 33.7 Å². The van der Waals surface area contributed by atoms with Crippen LogP contribution in [0.2, 0.25) is 5.02 Å². The maximum Gasteiger partial charge on any atom is 0.283 e. The largest absolute Gasteiger partial charge is 0.283 e. The Bertz CT molecular complexity index is 843. The molecule has 0 aliphatic heterocycles. The number of halogens is 1. The van der Waals surface area contributed by atoms with Crippen LogP contribution in [0.5, 0.6) is 0 Å². The lowest BCUT2D eigenvalue weighted by Crippen LogP contribution is -2.29. The van der Waals surface area contributed by atoms with E-state index in [4.69, 9.17) is 11.6 Å². The normalized spacial score (nSPS) is 18.2. The van der Waals surface area contributed by atoms with Crippen LogP contribution < -0.4 is 5.43 Å². The van der Waals surface area contributed by atoms with Crippen molar-refractivity contribution >= 4 is 44.6 Å². The second kappa shape index (κ2) is 7.69. The third-order valence-corrected chi connectivity index (χ3v) is 7.54. The van der Waals surface area contributed by atoms with Gasteiger partial charge in [-0.05, 0) is 55.6 Å². The molecule has 2 aromatic rings. The van der Waals surface area contributed by atoms with Gasteiger partial charge in [-0.15, -0.1) is 11.3 Å². The van der Waals surface area contributed by atoms with Crippen molar-refractivity contribution in [3.63, 3.8) is 0 Å². The summed E-state index contributed by atoms with van der Waals surface area (Å²) in [5.41, 5.74) is 5.37. The number of carbonyl (C=O) groups excluding carboxylic acids is 1. The van der Waals surface area contributed by atoms with E-state index in [-0.39, 0.29) is 5.91 Å². The second-order valence-corrected chi connectivity index (χ2v) is 9.41. The molecule has 140 valence electrons. The topological polar surface area (TPSA) is 41.5 Å². The highest BCUT2D eigenvalue weighted by Crippen LogP contribution is 2.40. The maximum absolute atomic E-state index is 12.5. The Labute approximate surface area is 164 Å². The highest BCUT2D eigenvalue weighted by atomic mass is 35.5. The first-order valence-electron chi connectivity index (χ1n) is 9.36. The first-order valence-corrected chi connectivity index (χ1v) is 10.6. The lowest BCUT2D eigenvalue weighted by Gasteiger charge is -2.36. The SMILES string of the molecule is CCC(C)(C)C1CCC(=NNC(=O)c2sc3cc(C)ccc3c2Cl)CC1. The third kappa shape index (κ3) is 3.96. The van der Waals surface area contributed by atoms with Gasteiger partial charge in [-0.2, -0.15) is 5.10 Å². The number of carbonyl (C=O) groups is 1. The van der Waals surface area contributed by atoms with Crippen LogP contribution in [0.15, 0.2) is 23.3 Å². The zero-order chi connectivity index (χ0) is 18.9. The Morgan fingerprint density at radius 3 is 2.69 bits per heavy atom. The summed E-state index contributed by atoms with van der Waals surface area (Å²) in [5, 5.41) is 5.85. The first kappa shape index (κ1) is 19.4.